The molecule has 0 radical (unpaired) electrons. The molecule has 1 aliphatic carbocycles. The monoisotopic (exact) mass is 284 g/mol. The summed E-state index contributed by atoms with van der Waals surface area (Å²) in [5.41, 5.74) is 2.34. The van der Waals surface area contributed by atoms with E-state index in [1.807, 2.05) is 0 Å². The lowest BCUT2D eigenvalue weighted by atomic mass is 9.97. The molecule has 0 bridgehead atoms. The Morgan fingerprint density at radius 1 is 1.33 bits per heavy atom. The van der Waals surface area contributed by atoms with Crippen molar-refractivity contribution in [3.8, 4) is 0 Å². The second-order valence-electron chi connectivity index (χ2n) is 5.11. The van der Waals surface area contributed by atoms with Crippen LogP contribution in [0.15, 0.2) is 35.4 Å². The summed E-state index contributed by atoms with van der Waals surface area (Å²) < 4.78 is 1.23. The van der Waals surface area contributed by atoms with E-state index in [0.29, 0.717) is 5.69 Å². The molecular formula is C15H16N4O2. The third-order valence-corrected chi connectivity index (χ3v) is 3.51. The van der Waals surface area contributed by atoms with E-state index in [4.69, 9.17) is 0 Å². The van der Waals surface area contributed by atoms with Gasteiger partial charge in [-0.3, -0.25) is 14.6 Å². The van der Waals surface area contributed by atoms with Crippen LogP contribution in [0.3, 0.4) is 0 Å². The highest BCUT2D eigenvalue weighted by Gasteiger charge is 2.14. The van der Waals surface area contributed by atoms with Crippen molar-refractivity contribution in [3.05, 3.63) is 52.2 Å². The van der Waals surface area contributed by atoms with E-state index in [2.05, 4.69) is 15.4 Å². The van der Waals surface area contributed by atoms with Crippen molar-refractivity contribution in [2.75, 3.05) is 5.32 Å². The fourth-order valence-electron chi connectivity index (χ4n) is 2.49. The normalized spacial score (nSPS) is 13.5. The quantitative estimate of drug-likeness (QED) is 0.917. The zero-order valence-electron chi connectivity index (χ0n) is 11.6. The van der Waals surface area contributed by atoms with Crippen LogP contribution in [0.2, 0.25) is 0 Å². The minimum absolute atomic E-state index is 0.0823. The zero-order valence-corrected chi connectivity index (χ0v) is 11.6. The van der Waals surface area contributed by atoms with Crippen LogP contribution in [0, 0.1) is 0 Å². The van der Waals surface area contributed by atoms with Crippen molar-refractivity contribution in [2.24, 2.45) is 0 Å². The molecule has 0 aromatic carbocycles. The molecule has 0 atom stereocenters. The number of rotatable bonds is 3. The maximum Gasteiger partial charge on any atom is 0.267 e. The number of hydrogen-bond donors (Lipinski definition) is 1. The summed E-state index contributed by atoms with van der Waals surface area (Å²) in [6.45, 7) is -0.0823. The van der Waals surface area contributed by atoms with Gasteiger partial charge in [0.05, 0.1) is 17.6 Å². The Labute approximate surface area is 121 Å². The van der Waals surface area contributed by atoms with Crippen molar-refractivity contribution in [3.63, 3.8) is 0 Å². The van der Waals surface area contributed by atoms with Crippen LogP contribution in [0.4, 0.5) is 5.69 Å². The summed E-state index contributed by atoms with van der Waals surface area (Å²) >= 11 is 0. The lowest BCUT2D eigenvalue weighted by Gasteiger charge is -2.15. The van der Waals surface area contributed by atoms with Gasteiger partial charge in [-0.1, -0.05) is 0 Å². The maximum atomic E-state index is 12.0. The number of carbonyl (C=O) groups is 1. The number of amides is 1. The predicted molar refractivity (Wildman–Crippen MR) is 78.0 cm³/mol. The van der Waals surface area contributed by atoms with Gasteiger partial charge in [-0.15, -0.1) is 0 Å². The van der Waals surface area contributed by atoms with Crippen LogP contribution in [0.1, 0.15) is 24.1 Å². The van der Waals surface area contributed by atoms with Crippen molar-refractivity contribution < 1.29 is 4.79 Å². The van der Waals surface area contributed by atoms with Gasteiger partial charge in [0.15, 0.2) is 0 Å². The number of pyridine rings is 1. The van der Waals surface area contributed by atoms with Gasteiger partial charge in [-0.05, 0) is 43.4 Å². The van der Waals surface area contributed by atoms with Crippen molar-refractivity contribution in [2.45, 2.75) is 32.2 Å². The van der Waals surface area contributed by atoms with Crippen LogP contribution in [0.5, 0.6) is 0 Å². The first kappa shape index (κ1) is 13.5. The van der Waals surface area contributed by atoms with Crippen LogP contribution in [-0.4, -0.2) is 20.7 Å². The van der Waals surface area contributed by atoms with Crippen LogP contribution < -0.4 is 10.9 Å². The fraction of sp³-hybridized carbons (Fsp3) is 0.333. The van der Waals surface area contributed by atoms with Crippen LogP contribution >= 0.6 is 0 Å². The van der Waals surface area contributed by atoms with E-state index in [1.165, 1.54) is 4.68 Å². The molecule has 2 aromatic rings. The Hall–Kier alpha value is -2.50. The minimum atomic E-state index is -0.284. The third-order valence-electron chi connectivity index (χ3n) is 3.51. The summed E-state index contributed by atoms with van der Waals surface area (Å²) in [5.74, 6) is -0.284. The smallest absolute Gasteiger partial charge is 0.267 e. The number of aromatic nitrogens is 3. The molecule has 3 rings (SSSR count). The molecule has 2 aromatic heterocycles. The average molecular weight is 284 g/mol. The molecule has 6 nitrogen and oxygen atoms in total. The van der Waals surface area contributed by atoms with E-state index in [0.717, 1.165) is 36.9 Å². The standard InChI is InChI=1S/C15H16N4O2/c20-14(17-12-5-3-7-16-9-12)10-19-15(21)8-11-4-1-2-6-13(11)18-19/h3,5,7-9H,1-2,4,6,10H2,(H,17,20). The molecular weight excluding hydrogens is 268 g/mol. The van der Waals surface area contributed by atoms with Crippen LogP contribution in [-0.2, 0) is 24.2 Å². The molecule has 1 amide bonds. The van der Waals surface area contributed by atoms with Gasteiger partial charge in [0.2, 0.25) is 5.91 Å². The number of fused-ring (bicyclic) bond motifs is 1. The fourth-order valence-corrected chi connectivity index (χ4v) is 2.49. The number of anilines is 1. The summed E-state index contributed by atoms with van der Waals surface area (Å²) in [6, 6.07) is 5.09. The highest BCUT2D eigenvalue weighted by molar-refractivity contribution is 5.90. The number of nitrogens with zero attached hydrogens (tertiary/aromatic N) is 3. The molecule has 0 saturated heterocycles. The molecule has 0 unspecified atom stereocenters. The SMILES string of the molecule is O=C(Cn1nc2c(cc1=O)CCCC2)Nc1cccnc1. The van der Waals surface area contributed by atoms with E-state index in [-0.39, 0.29) is 18.0 Å². The highest BCUT2D eigenvalue weighted by Crippen LogP contribution is 2.16. The highest BCUT2D eigenvalue weighted by atomic mass is 16.2. The molecule has 0 fully saturated rings. The number of aryl methyl sites for hydroxylation is 2. The van der Waals surface area contributed by atoms with Gasteiger partial charge in [0.1, 0.15) is 6.54 Å². The lowest BCUT2D eigenvalue weighted by molar-refractivity contribution is -0.117. The molecule has 1 N–H and O–H groups in total. The van der Waals surface area contributed by atoms with Crippen molar-refractivity contribution in [1.29, 1.82) is 0 Å². The Kier molecular flexibility index (Phi) is 3.77. The van der Waals surface area contributed by atoms with Crippen molar-refractivity contribution in [1.82, 2.24) is 14.8 Å². The zero-order chi connectivity index (χ0) is 14.7. The first-order valence-corrected chi connectivity index (χ1v) is 7.02. The summed E-state index contributed by atoms with van der Waals surface area (Å²) in [4.78, 5) is 27.9. The second-order valence-corrected chi connectivity index (χ2v) is 5.11. The van der Waals surface area contributed by atoms with Gasteiger partial charge >= 0.3 is 0 Å². The largest absolute Gasteiger partial charge is 0.323 e. The predicted octanol–water partition coefficient (Wildman–Crippen LogP) is 1.16. The number of carbonyl (C=O) groups excluding carboxylic acids is 1. The topological polar surface area (TPSA) is 76.9 Å². The van der Waals surface area contributed by atoms with Gasteiger partial charge in [0.25, 0.3) is 5.56 Å². The molecule has 2 heterocycles. The molecule has 0 spiro atoms. The molecule has 108 valence electrons. The number of nitrogens with one attached hydrogen (secondary N) is 1. The summed E-state index contributed by atoms with van der Waals surface area (Å²) in [7, 11) is 0. The van der Waals surface area contributed by atoms with Crippen molar-refractivity contribution >= 4 is 11.6 Å². The second kappa shape index (κ2) is 5.87. The molecule has 21 heavy (non-hydrogen) atoms. The lowest BCUT2D eigenvalue weighted by Crippen LogP contribution is -2.31. The number of hydrogen-bond acceptors (Lipinski definition) is 4. The molecule has 6 heteroatoms. The Morgan fingerprint density at radius 3 is 3.00 bits per heavy atom. The summed E-state index contributed by atoms with van der Waals surface area (Å²) in [5, 5.41) is 7.02. The van der Waals surface area contributed by atoms with Gasteiger partial charge in [0, 0.05) is 12.3 Å². The Bertz CT molecular complexity index is 709. The first-order valence-electron chi connectivity index (χ1n) is 7.02. The first-order chi connectivity index (χ1) is 10.2. The van der Waals surface area contributed by atoms with E-state index >= 15 is 0 Å². The maximum absolute atomic E-state index is 12.0. The van der Waals surface area contributed by atoms with Gasteiger partial charge in [-0.25, -0.2) is 4.68 Å². The minimum Gasteiger partial charge on any atom is -0.323 e. The summed E-state index contributed by atoms with van der Waals surface area (Å²) in [6.07, 6.45) is 7.14. The molecule has 0 saturated carbocycles. The molecule has 1 aliphatic rings. The van der Waals surface area contributed by atoms with E-state index < -0.39 is 0 Å². The molecule has 0 aliphatic heterocycles. The van der Waals surface area contributed by atoms with E-state index in [9.17, 15) is 9.59 Å². The average Bonchev–Trinajstić information content (AvgIpc) is 2.49. The Morgan fingerprint density at radius 2 is 2.19 bits per heavy atom. The van der Waals surface area contributed by atoms with Gasteiger partial charge in [-0.2, -0.15) is 5.10 Å². The van der Waals surface area contributed by atoms with Crippen LogP contribution in [0.25, 0.3) is 0 Å². The van der Waals surface area contributed by atoms with E-state index in [1.54, 1.807) is 30.6 Å². The third kappa shape index (κ3) is 3.16. The van der Waals surface area contributed by atoms with Gasteiger partial charge < -0.3 is 5.32 Å². The Balaban J connectivity index is 1.75.